The predicted molar refractivity (Wildman–Crippen MR) is 61.7 cm³/mol. The summed E-state index contributed by atoms with van der Waals surface area (Å²) < 4.78 is 78.0. The maximum atomic E-state index is 12.3. The summed E-state index contributed by atoms with van der Waals surface area (Å²) in [6, 6.07) is 5.09. The Hall–Kier alpha value is -1.40. The van der Waals surface area contributed by atoms with Crippen LogP contribution in [0, 0.1) is 0 Å². The second-order valence-corrected chi connectivity index (χ2v) is 5.36. The molecule has 0 amide bonds. The van der Waals surface area contributed by atoms with Crippen molar-refractivity contribution in [1.82, 2.24) is 0 Å². The van der Waals surface area contributed by atoms with Gasteiger partial charge in [0.2, 0.25) is 0 Å². The molecule has 1 aromatic carbocycles. The summed E-state index contributed by atoms with van der Waals surface area (Å²) >= 11 is 0. The molecule has 0 bridgehead atoms. The molecule has 7 heteroatoms. The third kappa shape index (κ3) is 4.31. The average molecular weight is 300 g/mol. The van der Waals surface area contributed by atoms with Crippen molar-refractivity contribution in [2.75, 3.05) is 0 Å². The summed E-state index contributed by atoms with van der Waals surface area (Å²) in [5.74, 6) is -0.474. The van der Waals surface area contributed by atoms with Crippen LogP contribution < -0.4 is 4.74 Å². The molecule has 1 rings (SSSR count). The van der Waals surface area contributed by atoms with Gasteiger partial charge in [0, 0.05) is 0 Å². The molecule has 0 saturated carbocycles. The molecule has 0 radical (unpaired) electrons. The molecule has 0 spiro atoms. The van der Waals surface area contributed by atoms with E-state index >= 15 is 0 Å². The Morgan fingerprint density at radius 3 is 1.50 bits per heavy atom. The van der Waals surface area contributed by atoms with E-state index in [4.69, 9.17) is 0 Å². The number of hydrogen-bond donors (Lipinski definition) is 0. The molecule has 114 valence electrons. The zero-order valence-electron chi connectivity index (χ0n) is 11.1. The Balaban J connectivity index is 2.97. The Labute approximate surface area is 112 Å². The van der Waals surface area contributed by atoms with E-state index < -0.39 is 24.2 Å². The van der Waals surface area contributed by atoms with Gasteiger partial charge in [-0.05, 0) is 23.1 Å². The van der Waals surface area contributed by atoms with E-state index in [0.29, 0.717) is 0 Å². The number of benzene rings is 1. The Morgan fingerprint density at radius 2 is 1.20 bits per heavy atom. The van der Waals surface area contributed by atoms with Crippen molar-refractivity contribution in [2.24, 2.45) is 0 Å². The third-order valence-corrected chi connectivity index (χ3v) is 2.57. The number of ether oxygens (including phenoxy) is 1. The van der Waals surface area contributed by atoms with Crippen molar-refractivity contribution in [3.05, 3.63) is 29.8 Å². The monoisotopic (exact) mass is 300 g/mol. The molecule has 1 nitrogen and oxygen atoms in total. The summed E-state index contributed by atoms with van der Waals surface area (Å²) in [4.78, 5) is 0. The van der Waals surface area contributed by atoms with Crippen LogP contribution in [0.25, 0.3) is 0 Å². The third-order valence-electron chi connectivity index (χ3n) is 2.57. The Bertz CT molecular complexity index is 424. The van der Waals surface area contributed by atoms with E-state index in [0.717, 1.165) is 17.7 Å². The largest absolute Gasteiger partial charge is 0.471 e. The van der Waals surface area contributed by atoms with Crippen molar-refractivity contribution < 1.29 is 31.1 Å². The minimum atomic E-state index is -5.51. The first-order chi connectivity index (χ1) is 8.82. The maximum Gasteiger partial charge on any atom is 0.434 e. The molecule has 0 unspecified atom stereocenters. The summed E-state index contributed by atoms with van der Waals surface area (Å²) in [6.45, 7) is 5.62. The van der Waals surface area contributed by atoms with Crippen LogP contribution >= 0.6 is 0 Å². The first-order valence-electron chi connectivity index (χ1n) is 5.72. The highest BCUT2D eigenvalue weighted by Crippen LogP contribution is 2.36. The molecule has 0 atom stereocenters. The van der Waals surface area contributed by atoms with Crippen molar-refractivity contribution in [3.63, 3.8) is 0 Å². The van der Waals surface area contributed by atoms with Crippen LogP contribution in [0.2, 0.25) is 0 Å². The fourth-order valence-electron chi connectivity index (χ4n) is 1.49. The van der Waals surface area contributed by atoms with E-state index in [1.807, 2.05) is 20.8 Å². The van der Waals surface area contributed by atoms with Gasteiger partial charge >= 0.3 is 12.4 Å². The van der Waals surface area contributed by atoms with Crippen LogP contribution in [0.4, 0.5) is 26.3 Å². The molecular formula is C13H14F6O. The quantitative estimate of drug-likeness (QED) is 0.709. The Morgan fingerprint density at radius 1 is 0.800 bits per heavy atom. The second kappa shape index (κ2) is 5.18. The highest BCUT2D eigenvalue weighted by Gasteiger charge is 2.59. The van der Waals surface area contributed by atoms with Crippen LogP contribution in [-0.4, -0.2) is 18.5 Å². The number of hydrogen-bond acceptors (Lipinski definition) is 1. The normalized spacial score (nSPS) is 13.7. The number of rotatable bonds is 2. The lowest BCUT2D eigenvalue weighted by molar-refractivity contribution is -0.299. The zero-order chi connectivity index (χ0) is 15.8. The molecule has 0 heterocycles. The molecular weight excluding hydrogens is 286 g/mol. The first-order valence-corrected chi connectivity index (χ1v) is 5.72. The fraction of sp³-hybridized carbons (Fsp3) is 0.538. The summed E-state index contributed by atoms with van der Waals surface area (Å²) in [5, 5.41) is 0. The van der Waals surface area contributed by atoms with Crippen molar-refractivity contribution >= 4 is 0 Å². The van der Waals surface area contributed by atoms with Gasteiger partial charge < -0.3 is 4.74 Å². The van der Waals surface area contributed by atoms with Gasteiger partial charge in [0.25, 0.3) is 6.10 Å². The molecule has 0 N–H and O–H groups in total. The lowest BCUT2D eigenvalue weighted by Gasteiger charge is -2.24. The number of halogens is 6. The maximum absolute atomic E-state index is 12.3. The molecule has 0 fully saturated rings. The van der Waals surface area contributed by atoms with Crippen LogP contribution in [0.1, 0.15) is 26.3 Å². The number of alkyl halides is 6. The molecule has 0 aliphatic carbocycles. The van der Waals surface area contributed by atoms with Gasteiger partial charge in [-0.3, -0.25) is 0 Å². The summed E-state index contributed by atoms with van der Waals surface area (Å²) in [5.41, 5.74) is 0.520. The molecule has 0 aromatic heterocycles. The van der Waals surface area contributed by atoms with Crippen LogP contribution in [0.3, 0.4) is 0 Å². The van der Waals surface area contributed by atoms with Gasteiger partial charge in [0.05, 0.1) is 0 Å². The lowest BCUT2D eigenvalue weighted by atomic mass is 9.87. The van der Waals surface area contributed by atoms with Gasteiger partial charge in [0.15, 0.2) is 0 Å². The van der Waals surface area contributed by atoms with E-state index in [1.54, 1.807) is 0 Å². The van der Waals surface area contributed by atoms with Gasteiger partial charge in [0.1, 0.15) is 5.75 Å². The predicted octanol–water partition coefficient (Wildman–Crippen LogP) is 4.86. The zero-order valence-corrected chi connectivity index (χ0v) is 11.1. The summed E-state index contributed by atoms with van der Waals surface area (Å²) in [6.07, 6.45) is -14.8. The lowest BCUT2D eigenvalue weighted by Crippen LogP contribution is -2.46. The minimum Gasteiger partial charge on any atom is -0.471 e. The average Bonchev–Trinajstić information content (AvgIpc) is 2.22. The van der Waals surface area contributed by atoms with E-state index in [9.17, 15) is 26.3 Å². The minimum absolute atomic E-state index is 0.258. The Kier molecular flexibility index (Phi) is 4.31. The molecule has 0 aliphatic heterocycles. The fourth-order valence-corrected chi connectivity index (χ4v) is 1.49. The van der Waals surface area contributed by atoms with Crippen molar-refractivity contribution in [3.8, 4) is 5.75 Å². The second-order valence-electron chi connectivity index (χ2n) is 5.36. The van der Waals surface area contributed by atoms with Gasteiger partial charge in [-0.1, -0.05) is 32.9 Å². The highest BCUT2D eigenvalue weighted by molar-refractivity contribution is 5.31. The topological polar surface area (TPSA) is 9.23 Å². The van der Waals surface area contributed by atoms with Crippen LogP contribution in [0.5, 0.6) is 5.75 Å². The van der Waals surface area contributed by atoms with Gasteiger partial charge in [-0.15, -0.1) is 0 Å². The molecule has 0 saturated heterocycles. The van der Waals surface area contributed by atoms with Crippen molar-refractivity contribution in [1.29, 1.82) is 0 Å². The first kappa shape index (κ1) is 16.7. The standard InChI is InChI=1S/C13H14F6O/c1-11(2,3)8-4-6-9(7-5-8)20-10(12(14,15)16)13(17,18)19/h4-7,10H,1-3H3. The van der Waals surface area contributed by atoms with Gasteiger partial charge in [-0.2, -0.15) is 26.3 Å². The highest BCUT2D eigenvalue weighted by atomic mass is 19.4. The van der Waals surface area contributed by atoms with E-state index in [1.165, 1.54) is 12.1 Å². The van der Waals surface area contributed by atoms with Crippen molar-refractivity contribution in [2.45, 2.75) is 44.6 Å². The SMILES string of the molecule is CC(C)(C)c1ccc(OC(C(F)(F)F)C(F)(F)F)cc1. The smallest absolute Gasteiger partial charge is 0.434 e. The van der Waals surface area contributed by atoms with Crippen LogP contribution in [0.15, 0.2) is 24.3 Å². The molecule has 0 aliphatic rings. The van der Waals surface area contributed by atoms with Crippen LogP contribution in [-0.2, 0) is 5.41 Å². The molecule has 1 aromatic rings. The molecule has 20 heavy (non-hydrogen) atoms. The summed E-state index contributed by atoms with van der Waals surface area (Å²) in [7, 11) is 0. The van der Waals surface area contributed by atoms with E-state index in [-0.39, 0.29) is 5.41 Å². The van der Waals surface area contributed by atoms with Gasteiger partial charge in [-0.25, -0.2) is 0 Å². The van der Waals surface area contributed by atoms with E-state index in [2.05, 4.69) is 4.74 Å².